The number of ketones is 1. The summed E-state index contributed by atoms with van der Waals surface area (Å²) in [6.45, 7) is 0.789. The van der Waals surface area contributed by atoms with Crippen molar-refractivity contribution in [2.24, 2.45) is 0 Å². The molecule has 12 heteroatoms. The molecule has 0 saturated carbocycles. The van der Waals surface area contributed by atoms with Gasteiger partial charge in [-0.15, -0.1) is 0 Å². The number of rotatable bonds is 10. The van der Waals surface area contributed by atoms with Gasteiger partial charge in [0.05, 0.1) is 58.4 Å². The van der Waals surface area contributed by atoms with Gasteiger partial charge in [0.1, 0.15) is 30.1 Å². The fourth-order valence-electron chi connectivity index (χ4n) is 4.34. The van der Waals surface area contributed by atoms with E-state index in [1.54, 1.807) is 18.2 Å². The number of nitrogen functional groups attached to an aromatic ring is 1. The second kappa shape index (κ2) is 12.6. The fourth-order valence-corrected chi connectivity index (χ4v) is 5.42. The van der Waals surface area contributed by atoms with Gasteiger partial charge in [0.15, 0.2) is 11.6 Å². The van der Waals surface area contributed by atoms with E-state index in [4.69, 9.17) is 32.1 Å². The molecule has 0 amide bonds. The molecule has 0 atom stereocenters. The van der Waals surface area contributed by atoms with Gasteiger partial charge in [-0.3, -0.25) is 4.79 Å². The molecular formula is C30H25BrClFN5O3S+. The maximum absolute atomic E-state index is 14.5. The van der Waals surface area contributed by atoms with Crippen LogP contribution in [-0.4, -0.2) is 45.0 Å². The SMILES string of the molecule is C[S+](C)CCOCn1c(C(=O)c2cnn(-c3ccc(Oc4cccc(C#N)c4F)cc3Cl)c2N)cc2cc(Br)ccc21. The first-order valence-electron chi connectivity index (χ1n) is 12.6. The van der Waals surface area contributed by atoms with Crippen molar-refractivity contribution in [2.75, 3.05) is 30.6 Å². The van der Waals surface area contributed by atoms with Gasteiger partial charge in [-0.05, 0) is 59.4 Å². The Bertz CT molecular complexity index is 1850. The number of halogens is 3. The monoisotopic (exact) mass is 668 g/mol. The van der Waals surface area contributed by atoms with Crippen LogP contribution < -0.4 is 10.5 Å². The zero-order valence-corrected chi connectivity index (χ0v) is 25.8. The van der Waals surface area contributed by atoms with E-state index < -0.39 is 5.82 Å². The predicted molar refractivity (Wildman–Crippen MR) is 167 cm³/mol. The average Bonchev–Trinajstić information content (AvgIpc) is 3.51. The zero-order chi connectivity index (χ0) is 30.0. The summed E-state index contributed by atoms with van der Waals surface area (Å²) >= 11 is 10.0. The molecule has 0 spiro atoms. The number of fused-ring (bicyclic) bond motifs is 1. The lowest BCUT2D eigenvalue weighted by atomic mass is 10.1. The number of ether oxygens (including phenoxy) is 2. The van der Waals surface area contributed by atoms with Gasteiger partial charge in [-0.1, -0.05) is 33.6 Å². The first-order chi connectivity index (χ1) is 20.2. The molecule has 0 fully saturated rings. The van der Waals surface area contributed by atoms with Crippen molar-refractivity contribution in [3.8, 4) is 23.3 Å². The Labute approximate surface area is 257 Å². The number of carbonyl (C=O) groups excluding carboxylic acids is 1. The van der Waals surface area contributed by atoms with Crippen LogP contribution in [0.5, 0.6) is 11.5 Å². The van der Waals surface area contributed by atoms with Crippen LogP contribution in [0.3, 0.4) is 0 Å². The number of aromatic nitrogens is 3. The van der Waals surface area contributed by atoms with E-state index in [0.717, 1.165) is 21.1 Å². The van der Waals surface area contributed by atoms with E-state index in [0.29, 0.717) is 18.0 Å². The molecule has 2 N–H and O–H groups in total. The normalized spacial score (nSPS) is 11.3. The lowest BCUT2D eigenvalue weighted by Gasteiger charge is -2.12. The maximum atomic E-state index is 14.5. The highest BCUT2D eigenvalue weighted by Crippen LogP contribution is 2.33. The molecular weight excluding hydrogens is 645 g/mol. The molecule has 0 radical (unpaired) electrons. The summed E-state index contributed by atoms with van der Waals surface area (Å²) in [5, 5.41) is 14.5. The number of hydrogen-bond acceptors (Lipinski definition) is 6. The Morgan fingerprint density at radius 3 is 2.74 bits per heavy atom. The van der Waals surface area contributed by atoms with Crippen LogP contribution in [0.4, 0.5) is 10.2 Å². The highest BCUT2D eigenvalue weighted by atomic mass is 79.9. The van der Waals surface area contributed by atoms with E-state index >= 15 is 0 Å². The van der Waals surface area contributed by atoms with Gasteiger partial charge in [0.2, 0.25) is 5.78 Å². The van der Waals surface area contributed by atoms with Crippen LogP contribution in [-0.2, 0) is 22.4 Å². The van der Waals surface area contributed by atoms with Gasteiger partial charge < -0.3 is 19.8 Å². The van der Waals surface area contributed by atoms with Crippen LogP contribution >= 0.6 is 27.5 Å². The molecule has 8 nitrogen and oxygen atoms in total. The average molecular weight is 670 g/mol. The molecule has 0 aliphatic carbocycles. The van der Waals surface area contributed by atoms with Gasteiger partial charge in [0.25, 0.3) is 0 Å². The number of carbonyl (C=O) groups is 1. The van der Waals surface area contributed by atoms with Crippen molar-refractivity contribution >= 4 is 60.9 Å². The first kappa shape index (κ1) is 29.7. The van der Waals surface area contributed by atoms with Crippen LogP contribution in [0.2, 0.25) is 5.02 Å². The highest BCUT2D eigenvalue weighted by Gasteiger charge is 2.24. The summed E-state index contributed by atoms with van der Waals surface area (Å²) in [5.74, 6) is 0.0797. The minimum Gasteiger partial charge on any atom is -0.454 e. The molecule has 0 unspecified atom stereocenters. The molecule has 0 aliphatic rings. The lowest BCUT2D eigenvalue weighted by Crippen LogP contribution is -2.16. The van der Waals surface area contributed by atoms with Gasteiger partial charge >= 0.3 is 0 Å². The smallest absolute Gasteiger partial charge is 0.214 e. The maximum Gasteiger partial charge on any atom is 0.214 e. The molecule has 2 heterocycles. The van der Waals surface area contributed by atoms with Crippen LogP contribution in [0, 0.1) is 17.1 Å². The summed E-state index contributed by atoms with van der Waals surface area (Å²) in [4.78, 5) is 13.8. The summed E-state index contributed by atoms with van der Waals surface area (Å²) < 4.78 is 30.1. The minimum atomic E-state index is -0.768. The van der Waals surface area contributed by atoms with E-state index in [1.807, 2.05) is 28.8 Å². The summed E-state index contributed by atoms with van der Waals surface area (Å²) in [7, 11) is 0.245. The Balaban J connectivity index is 1.44. The first-order valence-corrected chi connectivity index (χ1v) is 16.0. The van der Waals surface area contributed by atoms with E-state index in [9.17, 15) is 9.18 Å². The Morgan fingerprint density at radius 1 is 1.19 bits per heavy atom. The number of benzene rings is 3. The number of nitriles is 1. The number of nitrogens with zero attached hydrogens (tertiary/aromatic N) is 4. The van der Waals surface area contributed by atoms with E-state index in [-0.39, 0.29) is 56.9 Å². The third-order valence-corrected chi connectivity index (χ3v) is 8.24. The number of nitrogens with two attached hydrogens (primary N) is 1. The molecule has 0 bridgehead atoms. The van der Waals surface area contributed by atoms with Crippen molar-refractivity contribution in [1.82, 2.24) is 14.3 Å². The van der Waals surface area contributed by atoms with Crippen molar-refractivity contribution in [2.45, 2.75) is 6.73 Å². The van der Waals surface area contributed by atoms with E-state index in [2.05, 4.69) is 33.5 Å². The lowest BCUT2D eigenvalue weighted by molar-refractivity contribution is 0.0861. The van der Waals surface area contributed by atoms with Gasteiger partial charge in [0, 0.05) is 15.9 Å². The Kier molecular flexibility index (Phi) is 8.89. The number of anilines is 1. The topological polar surface area (TPSA) is 108 Å². The van der Waals surface area contributed by atoms with E-state index in [1.165, 1.54) is 35.1 Å². The molecule has 5 rings (SSSR count). The minimum absolute atomic E-state index is 0.100. The second-order valence-corrected chi connectivity index (χ2v) is 13.2. The second-order valence-electron chi connectivity index (χ2n) is 9.52. The Hall–Kier alpha value is -3.82. The van der Waals surface area contributed by atoms with Crippen molar-refractivity contribution in [3.05, 3.63) is 99.0 Å². The van der Waals surface area contributed by atoms with Crippen molar-refractivity contribution < 1.29 is 18.7 Å². The molecule has 0 saturated heterocycles. The molecule has 214 valence electrons. The van der Waals surface area contributed by atoms with Crippen LogP contribution in [0.25, 0.3) is 16.6 Å². The zero-order valence-electron chi connectivity index (χ0n) is 22.6. The van der Waals surface area contributed by atoms with Crippen LogP contribution in [0.15, 0.2) is 71.3 Å². The standard InChI is InChI=1S/C30H24BrClFN5O3S/c1-42(2)11-10-40-17-37-24-8-6-20(31)12-19(24)13-26(37)29(39)22-16-36-38(30(22)35)25-9-7-21(14-23(25)32)41-27-5-3-4-18(15-34)28(27)33/h3-9,12-14,16H,10-11,17H2,1-2H3,(H-,35,36,39)/p+1. The number of hydrogen-bond donors (Lipinski definition) is 1. The van der Waals surface area contributed by atoms with Crippen LogP contribution in [0.1, 0.15) is 21.6 Å². The fraction of sp³-hybridized carbons (Fsp3) is 0.167. The molecule has 5 aromatic rings. The van der Waals surface area contributed by atoms with Crippen molar-refractivity contribution in [1.29, 1.82) is 5.26 Å². The van der Waals surface area contributed by atoms with Gasteiger partial charge in [-0.2, -0.15) is 10.4 Å². The van der Waals surface area contributed by atoms with Gasteiger partial charge in [-0.25, -0.2) is 9.07 Å². The quantitative estimate of drug-likeness (QED) is 0.101. The van der Waals surface area contributed by atoms with Crippen molar-refractivity contribution in [3.63, 3.8) is 0 Å². The molecule has 2 aromatic heterocycles. The summed E-state index contributed by atoms with van der Waals surface area (Å²) in [6, 6.07) is 18.3. The molecule has 0 aliphatic heterocycles. The highest BCUT2D eigenvalue weighted by molar-refractivity contribution is 9.10. The molecule has 42 heavy (non-hydrogen) atoms. The third kappa shape index (κ3) is 6.03. The third-order valence-electron chi connectivity index (χ3n) is 6.46. The largest absolute Gasteiger partial charge is 0.454 e. The molecule has 3 aromatic carbocycles. The summed E-state index contributed by atoms with van der Waals surface area (Å²) in [6.07, 6.45) is 5.71. The summed E-state index contributed by atoms with van der Waals surface area (Å²) in [5.41, 5.74) is 8.18. The Morgan fingerprint density at radius 2 is 2.00 bits per heavy atom. The predicted octanol–water partition coefficient (Wildman–Crippen LogP) is 6.71.